The largest absolute Gasteiger partial charge is 0.494 e. The first-order chi connectivity index (χ1) is 14.5. The molecule has 6 heteroatoms. The van der Waals surface area contributed by atoms with E-state index >= 15 is 0 Å². The van der Waals surface area contributed by atoms with Crippen LogP contribution >= 0.6 is 0 Å². The van der Waals surface area contributed by atoms with Gasteiger partial charge in [0, 0.05) is 68.5 Å². The molecule has 0 spiro atoms. The highest BCUT2D eigenvalue weighted by molar-refractivity contribution is 5.48. The lowest BCUT2D eigenvalue weighted by Gasteiger charge is -2.52. The van der Waals surface area contributed by atoms with Crippen molar-refractivity contribution < 1.29 is 14.6 Å². The molecule has 1 saturated carbocycles. The minimum absolute atomic E-state index is 0.201. The predicted octanol–water partition coefficient (Wildman–Crippen LogP) is 3.26. The Bertz CT molecular complexity index is 910. The summed E-state index contributed by atoms with van der Waals surface area (Å²) in [5, 5.41) is 11.8. The molecule has 1 aromatic heterocycles. The van der Waals surface area contributed by atoms with Crippen LogP contribution in [0.15, 0.2) is 24.5 Å². The number of likely N-dealkylation sites (tertiary alicyclic amines) is 1. The summed E-state index contributed by atoms with van der Waals surface area (Å²) in [5.41, 5.74) is 1.60. The summed E-state index contributed by atoms with van der Waals surface area (Å²) in [6.07, 6.45) is 8.18. The van der Waals surface area contributed by atoms with Gasteiger partial charge < -0.3 is 19.1 Å². The molecule has 0 unspecified atom stereocenters. The first-order valence-electron chi connectivity index (χ1n) is 11.4. The third-order valence-electron chi connectivity index (χ3n) is 7.26. The summed E-state index contributed by atoms with van der Waals surface area (Å²) in [6, 6.07) is 4.35. The van der Waals surface area contributed by atoms with E-state index < -0.39 is 5.60 Å². The van der Waals surface area contributed by atoms with Gasteiger partial charge in [-0.1, -0.05) is 6.42 Å². The quantitative estimate of drug-likeness (QED) is 0.818. The first kappa shape index (κ1) is 19.9. The van der Waals surface area contributed by atoms with Gasteiger partial charge >= 0.3 is 0 Å². The summed E-state index contributed by atoms with van der Waals surface area (Å²) in [5.74, 6) is 3.21. The highest BCUT2D eigenvalue weighted by Gasteiger charge is 2.53. The highest BCUT2D eigenvalue weighted by atomic mass is 16.5. The number of fused-ring (bicyclic) bond motifs is 3. The minimum atomic E-state index is -0.827. The van der Waals surface area contributed by atoms with Gasteiger partial charge in [-0.25, -0.2) is 4.98 Å². The zero-order valence-electron chi connectivity index (χ0n) is 18.3. The van der Waals surface area contributed by atoms with Gasteiger partial charge in [-0.3, -0.25) is 4.90 Å². The highest BCUT2D eigenvalue weighted by Crippen LogP contribution is 2.49. The van der Waals surface area contributed by atoms with Gasteiger partial charge in [-0.2, -0.15) is 0 Å². The van der Waals surface area contributed by atoms with Gasteiger partial charge in [-0.05, 0) is 38.8 Å². The number of ether oxygens (including phenoxy) is 2. The summed E-state index contributed by atoms with van der Waals surface area (Å²) in [6.45, 7) is 7.38. The molecule has 2 fully saturated rings. The van der Waals surface area contributed by atoms with Crippen LogP contribution in [0, 0.1) is 11.8 Å². The molecule has 1 saturated heterocycles. The third kappa shape index (κ3) is 3.21. The number of rotatable bonds is 5. The molecule has 3 atom stereocenters. The Morgan fingerprint density at radius 1 is 1.27 bits per heavy atom. The van der Waals surface area contributed by atoms with E-state index in [1.165, 1.54) is 17.5 Å². The van der Waals surface area contributed by atoms with Crippen molar-refractivity contribution in [2.75, 3.05) is 19.7 Å². The molecule has 5 rings (SSSR count). The molecule has 6 nitrogen and oxygen atoms in total. The molecule has 1 aliphatic carbocycles. The van der Waals surface area contributed by atoms with E-state index in [0.717, 1.165) is 56.2 Å². The number of benzene rings is 1. The average Bonchev–Trinajstić information content (AvgIpc) is 3.27. The number of nitrogens with zero attached hydrogens (tertiary/aromatic N) is 3. The maximum Gasteiger partial charge on any atom is 0.141 e. The molecular weight excluding hydrogens is 378 g/mol. The standard InChI is InChI=1S/C24H33N3O3/c1-4-29-21-11-17-10-16(2)30-22(17)12-18(21)13-27-14-19-6-5-7-20(15-27)24(19,28)23-25-8-9-26(23)3/h8-9,11-12,16,19-20,28H,4-7,10,13-15H2,1-3H3/t16-,19+,20+/m1/s1. The lowest BCUT2D eigenvalue weighted by Crippen LogP contribution is -2.58. The lowest BCUT2D eigenvalue weighted by molar-refractivity contribution is -0.155. The number of hydrogen-bond acceptors (Lipinski definition) is 5. The molecule has 2 bridgehead atoms. The smallest absolute Gasteiger partial charge is 0.141 e. The molecule has 1 N–H and O–H groups in total. The van der Waals surface area contributed by atoms with Crippen LogP contribution in [0.2, 0.25) is 0 Å². The van der Waals surface area contributed by atoms with E-state index in [2.05, 4.69) is 28.9 Å². The fourth-order valence-corrected chi connectivity index (χ4v) is 5.92. The number of hydrogen-bond donors (Lipinski definition) is 1. The number of piperidine rings is 1. The zero-order chi connectivity index (χ0) is 20.9. The van der Waals surface area contributed by atoms with Gasteiger partial charge in [-0.15, -0.1) is 0 Å². The van der Waals surface area contributed by atoms with E-state index in [1.807, 2.05) is 24.7 Å². The second-order valence-electron chi connectivity index (χ2n) is 9.34. The predicted molar refractivity (Wildman–Crippen MR) is 115 cm³/mol. The van der Waals surface area contributed by atoms with Crippen LogP contribution in [0.3, 0.4) is 0 Å². The first-order valence-corrected chi connectivity index (χ1v) is 11.4. The normalized spacial score (nSPS) is 30.7. The van der Waals surface area contributed by atoms with E-state index in [9.17, 15) is 5.11 Å². The fourth-order valence-electron chi connectivity index (χ4n) is 5.92. The lowest BCUT2D eigenvalue weighted by atomic mass is 9.65. The monoisotopic (exact) mass is 411 g/mol. The number of aliphatic hydroxyl groups is 1. The Balaban J connectivity index is 1.40. The Morgan fingerprint density at radius 3 is 2.70 bits per heavy atom. The van der Waals surface area contributed by atoms with Crippen LogP contribution in [0.5, 0.6) is 11.5 Å². The van der Waals surface area contributed by atoms with Crippen LogP contribution in [0.25, 0.3) is 0 Å². The van der Waals surface area contributed by atoms with Crippen molar-refractivity contribution in [1.29, 1.82) is 0 Å². The second kappa shape index (κ2) is 7.57. The number of imidazole rings is 1. The Kier molecular flexibility index (Phi) is 5.02. The van der Waals surface area contributed by atoms with Crippen LogP contribution < -0.4 is 9.47 Å². The maximum absolute atomic E-state index is 11.8. The molecule has 3 aliphatic rings. The molecule has 0 radical (unpaired) electrons. The molecule has 0 amide bonds. The number of aryl methyl sites for hydroxylation is 1. The zero-order valence-corrected chi connectivity index (χ0v) is 18.3. The fraction of sp³-hybridized carbons (Fsp3) is 0.625. The van der Waals surface area contributed by atoms with Crippen molar-refractivity contribution in [3.05, 3.63) is 41.5 Å². The van der Waals surface area contributed by atoms with Gasteiger partial charge in [0.15, 0.2) is 0 Å². The van der Waals surface area contributed by atoms with Crippen molar-refractivity contribution in [3.8, 4) is 11.5 Å². The van der Waals surface area contributed by atoms with Crippen molar-refractivity contribution in [2.24, 2.45) is 18.9 Å². The Morgan fingerprint density at radius 2 is 2.03 bits per heavy atom. The van der Waals surface area contributed by atoms with Gasteiger partial charge in [0.2, 0.25) is 0 Å². The molecule has 162 valence electrons. The van der Waals surface area contributed by atoms with E-state index in [0.29, 0.717) is 6.61 Å². The number of aromatic nitrogens is 2. The summed E-state index contributed by atoms with van der Waals surface area (Å²) < 4.78 is 14.0. The summed E-state index contributed by atoms with van der Waals surface area (Å²) in [4.78, 5) is 7.04. The van der Waals surface area contributed by atoms with E-state index in [4.69, 9.17) is 9.47 Å². The van der Waals surface area contributed by atoms with E-state index in [-0.39, 0.29) is 17.9 Å². The van der Waals surface area contributed by atoms with Crippen molar-refractivity contribution >= 4 is 0 Å². The SMILES string of the molecule is CCOc1cc2c(cc1CN1C[C@@H]3CCC[C@@H](C1)C3(O)c1nccn1C)O[C@H](C)C2. The minimum Gasteiger partial charge on any atom is -0.494 e. The third-order valence-corrected chi connectivity index (χ3v) is 7.26. The van der Waals surface area contributed by atoms with Crippen LogP contribution in [-0.2, 0) is 25.6 Å². The Hall–Kier alpha value is -2.05. The Labute approximate surface area is 178 Å². The van der Waals surface area contributed by atoms with Gasteiger partial charge in [0.25, 0.3) is 0 Å². The van der Waals surface area contributed by atoms with Gasteiger partial charge in [0.1, 0.15) is 29.0 Å². The average molecular weight is 412 g/mol. The molecular formula is C24H33N3O3. The molecule has 3 heterocycles. The summed E-state index contributed by atoms with van der Waals surface area (Å²) >= 11 is 0. The van der Waals surface area contributed by atoms with Gasteiger partial charge in [0.05, 0.1) is 6.61 Å². The maximum atomic E-state index is 11.8. The molecule has 2 aromatic rings. The van der Waals surface area contributed by atoms with Crippen molar-refractivity contribution in [1.82, 2.24) is 14.5 Å². The molecule has 1 aromatic carbocycles. The second-order valence-corrected chi connectivity index (χ2v) is 9.34. The molecule has 30 heavy (non-hydrogen) atoms. The van der Waals surface area contributed by atoms with Crippen LogP contribution in [0.4, 0.5) is 0 Å². The summed E-state index contributed by atoms with van der Waals surface area (Å²) in [7, 11) is 1.99. The van der Waals surface area contributed by atoms with Crippen LogP contribution in [-0.4, -0.2) is 45.4 Å². The van der Waals surface area contributed by atoms with Crippen LogP contribution in [0.1, 0.15) is 50.1 Å². The van der Waals surface area contributed by atoms with Crippen molar-refractivity contribution in [2.45, 2.75) is 57.8 Å². The topological polar surface area (TPSA) is 59.8 Å². The van der Waals surface area contributed by atoms with Crippen molar-refractivity contribution in [3.63, 3.8) is 0 Å². The van der Waals surface area contributed by atoms with E-state index in [1.54, 1.807) is 6.20 Å². The molecule has 2 aliphatic heterocycles.